The van der Waals surface area contributed by atoms with Crippen LogP contribution in [0.3, 0.4) is 0 Å². The Morgan fingerprint density at radius 1 is 1.02 bits per heavy atom. The van der Waals surface area contributed by atoms with E-state index in [0.29, 0.717) is 5.56 Å². The van der Waals surface area contributed by atoms with Gasteiger partial charge in [-0.1, -0.05) is 48.5 Å². The molecule has 3 aliphatic heterocycles. The van der Waals surface area contributed by atoms with Crippen LogP contribution >= 0.6 is 0 Å². The van der Waals surface area contributed by atoms with Crippen LogP contribution in [0.5, 0.6) is 0 Å². The second-order valence-electron chi connectivity index (χ2n) is 17.8. The van der Waals surface area contributed by atoms with E-state index in [1.807, 2.05) is 20.8 Å². The number of carbonyl (C=O) groups is 6. The molecule has 3 saturated heterocycles. The lowest BCUT2D eigenvalue weighted by atomic mass is 9.35. The highest BCUT2D eigenvalue weighted by Crippen LogP contribution is 2.89. The maximum atomic E-state index is 15.0. The predicted octanol–water partition coefficient (Wildman–Crippen LogP) is 3.47. The van der Waals surface area contributed by atoms with Crippen molar-refractivity contribution in [1.82, 2.24) is 0 Å². The number of fused-ring (bicyclic) bond motifs is 3. The Morgan fingerprint density at radius 2 is 1.70 bits per heavy atom. The minimum absolute atomic E-state index is 0.0235. The third-order valence-corrected chi connectivity index (χ3v) is 14.5. The molecule has 6 fully saturated rings. The molecular formula is C40H53NO15. The van der Waals surface area contributed by atoms with E-state index < -0.39 is 129 Å². The van der Waals surface area contributed by atoms with E-state index in [9.17, 15) is 24.0 Å². The molecule has 56 heavy (non-hydrogen) atoms. The first-order chi connectivity index (χ1) is 26.0. The molecule has 0 aromatic carbocycles. The summed E-state index contributed by atoms with van der Waals surface area (Å²) in [6, 6.07) is 1.62. The van der Waals surface area contributed by atoms with Crippen molar-refractivity contribution in [3.8, 4) is 0 Å². The SMILES string of the molecule is CCC12OC3(C)OC14C(C(C)(C)C(OC(C)=O)c1ccoc1)C(C(=O)C(C)C)C(=O)OC4C1(OC(=O)CN)C(OC(C)=O)C4(C)CC1(O3)C2(C)C4CC(=O)OC. The lowest BCUT2D eigenvalue weighted by Crippen LogP contribution is -2.94. The molecule has 2 N–H and O–H groups in total. The normalized spacial score (nSPS) is 43.2. The summed E-state index contributed by atoms with van der Waals surface area (Å²) >= 11 is 0. The Hall–Kier alpha value is -3.86. The maximum Gasteiger partial charge on any atom is 0.320 e. The predicted molar refractivity (Wildman–Crippen MR) is 188 cm³/mol. The Labute approximate surface area is 325 Å². The average Bonchev–Trinajstić information content (AvgIpc) is 3.81. The van der Waals surface area contributed by atoms with Crippen LogP contribution < -0.4 is 5.73 Å². The molecule has 4 bridgehead atoms. The fourth-order valence-electron chi connectivity index (χ4n) is 13.2. The second kappa shape index (κ2) is 12.3. The number of ether oxygens (including phenoxy) is 8. The van der Waals surface area contributed by atoms with Gasteiger partial charge in [0.2, 0.25) is 5.60 Å². The molecule has 2 spiro atoms. The van der Waals surface area contributed by atoms with Crippen LogP contribution in [0.25, 0.3) is 0 Å². The monoisotopic (exact) mass is 787 g/mol. The van der Waals surface area contributed by atoms with Crippen LogP contribution in [0.1, 0.15) is 100 Å². The van der Waals surface area contributed by atoms with Crippen molar-refractivity contribution in [2.45, 2.75) is 135 Å². The van der Waals surface area contributed by atoms with Crippen molar-refractivity contribution < 1.29 is 71.1 Å². The van der Waals surface area contributed by atoms with Crippen molar-refractivity contribution >= 4 is 35.6 Å². The Bertz CT molecular complexity index is 1880. The number of esters is 5. The van der Waals surface area contributed by atoms with Gasteiger partial charge in [-0.15, -0.1) is 0 Å². The number of Topliss-reactive ketones (excluding diaryl/α,β-unsaturated/α-hetero) is 1. The molecule has 4 heterocycles. The number of rotatable bonds is 12. The third kappa shape index (κ3) is 4.44. The molecule has 3 aliphatic carbocycles. The molecular weight excluding hydrogens is 734 g/mol. The maximum absolute atomic E-state index is 15.0. The molecule has 13 unspecified atom stereocenters. The lowest BCUT2D eigenvalue weighted by Gasteiger charge is -2.76. The Morgan fingerprint density at radius 3 is 2.23 bits per heavy atom. The summed E-state index contributed by atoms with van der Waals surface area (Å²) < 4.78 is 58.0. The molecule has 6 aliphatic rings. The van der Waals surface area contributed by atoms with Crippen LogP contribution in [0, 0.1) is 39.9 Å². The molecule has 7 rings (SSSR count). The summed E-state index contributed by atoms with van der Waals surface area (Å²) in [5.41, 5.74) is -5.32. The fourth-order valence-corrected chi connectivity index (χ4v) is 13.2. The van der Waals surface area contributed by atoms with Crippen LogP contribution in [0.2, 0.25) is 0 Å². The van der Waals surface area contributed by atoms with Crippen LogP contribution in [-0.2, 0) is 66.7 Å². The van der Waals surface area contributed by atoms with Gasteiger partial charge < -0.3 is 48.0 Å². The summed E-state index contributed by atoms with van der Waals surface area (Å²) in [7, 11) is 1.27. The minimum Gasteiger partial charge on any atom is -0.472 e. The van der Waals surface area contributed by atoms with Crippen molar-refractivity contribution in [3.63, 3.8) is 0 Å². The zero-order valence-electron chi connectivity index (χ0n) is 33.8. The summed E-state index contributed by atoms with van der Waals surface area (Å²) in [5, 5.41) is 0. The van der Waals surface area contributed by atoms with Crippen LogP contribution in [-0.4, -0.2) is 89.9 Å². The minimum atomic E-state index is -2.20. The molecule has 0 radical (unpaired) electrons. The molecule has 16 nitrogen and oxygen atoms in total. The van der Waals surface area contributed by atoms with Gasteiger partial charge in [0.15, 0.2) is 12.2 Å². The average molecular weight is 788 g/mol. The summed E-state index contributed by atoms with van der Waals surface area (Å²) in [5.74, 6) is -10.8. The van der Waals surface area contributed by atoms with Crippen LogP contribution in [0.4, 0.5) is 0 Å². The van der Waals surface area contributed by atoms with E-state index in [2.05, 4.69) is 0 Å². The quantitative estimate of drug-likeness (QED) is 0.182. The van der Waals surface area contributed by atoms with Gasteiger partial charge in [-0.3, -0.25) is 28.8 Å². The zero-order chi connectivity index (χ0) is 41.4. The summed E-state index contributed by atoms with van der Waals surface area (Å²) in [4.78, 5) is 83.5. The van der Waals surface area contributed by atoms with Crippen molar-refractivity contribution in [2.24, 2.45) is 45.7 Å². The van der Waals surface area contributed by atoms with E-state index in [1.54, 1.807) is 40.7 Å². The lowest BCUT2D eigenvalue weighted by molar-refractivity contribution is -0.475. The number of nitrogens with two attached hydrogens (primary N) is 1. The first-order valence-corrected chi connectivity index (χ1v) is 19.2. The molecule has 13 atom stereocenters. The topological polar surface area (TPSA) is 215 Å². The van der Waals surface area contributed by atoms with Gasteiger partial charge >= 0.3 is 29.8 Å². The Kier molecular flexibility index (Phi) is 8.88. The van der Waals surface area contributed by atoms with Crippen molar-refractivity contribution in [2.75, 3.05) is 13.7 Å². The molecule has 308 valence electrons. The first-order valence-electron chi connectivity index (χ1n) is 19.2. The molecule has 16 heteroatoms. The number of ketones is 1. The summed E-state index contributed by atoms with van der Waals surface area (Å²) in [6.45, 7) is 15.7. The van der Waals surface area contributed by atoms with Gasteiger partial charge in [-0.05, 0) is 24.8 Å². The van der Waals surface area contributed by atoms with Crippen molar-refractivity contribution in [3.05, 3.63) is 24.2 Å². The van der Waals surface area contributed by atoms with Crippen molar-refractivity contribution in [1.29, 1.82) is 0 Å². The zero-order valence-corrected chi connectivity index (χ0v) is 33.8. The number of hydrogen-bond donors (Lipinski definition) is 1. The highest BCUT2D eigenvalue weighted by atomic mass is 16.9. The second-order valence-corrected chi connectivity index (χ2v) is 17.8. The number of methoxy groups -OCH3 is 1. The van der Waals surface area contributed by atoms with E-state index in [1.165, 1.54) is 33.5 Å². The fraction of sp³-hybridized carbons (Fsp3) is 0.750. The van der Waals surface area contributed by atoms with Gasteiger partial charge in [-0.25, -0.2) is 0 Å². The van der Waals surface area contributed by atoms with Gasteiger partial charge in [0.25, 0.3) is 5.97 Å². The first kappa shape index (κ1) is 40.3. The smallest absolute Gasteiger partial charge is 0.320 e. The van der Waals surface area contributed by atoms with Gasteiger partial charge in [0.1, 0.15) is 34.6 Å². The molecule has 0 amide bonds. The number of furan rings is 1. The summed E-state index contributed by atoms with van der Waals surface area (Å²) in [6.07, 6.45) is -1.55. The van der Waals surface area contributed by atoms with E-state index in [0.717, 1.165) is 0 Å². The standard InChI is InChI=1S/C40H53NO15/c1-12-37-35(9)23(15-24(44)48-11)34(8)18-38(35)40(53-25(45)16-41,31(34)51-21(5)43)32-39(37,56-36(10,54-37)55-38)28(26(30(47)52-32)27(46)19(2)3)33(6,7)29(50-20(4)42)22-13-14-49-17-22/h13-14,17,19,23,26,28-29,31-32H,12,15-16,18,41H2,1-11H3. The van der Waals surface area contributed by atoms with E-state index in [4.69, 9.17) is 48.0 Å². The highest BCUT2D eigenvalue weighted by molar-refractivity contribution is 6.01. The van der Waals surface area contributed by atoms with E-state index >= 15 is 4.79 Å². The molecule has 1 aromatic rings. The Balaban J connectivity index is 1.67. The van der Waals surface area contributed by atoms with Crippen LogP contribution in [0.15, 0.2) is 23.0 Å². The van der Waals surface area contributed by atoms with Gasteiger partial charge in [-0.2, -0.15) is 0 Å². The largest absolute Gasteiger partial charge is 0.472 e. The molecule has 3 saturated carbocycles. The van der Waals surface area contributed by atoms with E-state index in [-0.39, 0.29) is 19.3 Å². The molecule has 1 aromatic heterocycles. The third-order valence-electron chi connectivity index (χ3n) is 14.5. The van der Waals surface area contributed by atoms with Gasteiger partial charge in [0.05, 0.1) is 26.2 Å². The van der Waals surface area contributed by atoms with Gasteiger partial charge in [0, 0.05) is 60.8 Å². The highest BCUT2D eigenvalue weighted by Gasteiger charge is 3.05. The number of carbonyl (C=O) groups excluding carboxylic acids is 6. The number of hydrogen-bond acceptors (Lipinski definition) is 16.